The first-order valence-electron chi connectivity index (χ1n) is 13.1. The molecule has 0 aliphatic heterocycles. The van der Waals surface area contributed by atoms with Gasteiger partial charge in [0.2, 0.25) is 0 Å². The predicted octanol–water partition coefficient (Wildman–Crippen LogP) is 7.87. The van der Waals surface area contributed by atoms with Gasteiger partial charge in [-0.2, -0.15) is 0 Å². The molecular formula is C30H32ClN3O2. The number of hydrogen-bond acceptors (Lipinski definition) is 5. The lowest BCUT2D eigenvalue weighted by Crippen LogP contribution is -2.48. The van der Waals surface area contributed by atoms with Crippen molar-refractivity contribution in [3.05, 3.63) is 76.9 Å². The SMILES string of the molecule is CCOC(=O)c1cccc(Nc2cccc(Nc3ccc(C45CC6CC(CC(C6)C4)C5)cc3Cl)c2)n1. The van der Waals surface area contributed by atoms with Gasteiger partial charge in [0.25, 0.3) is 0 Å². The minimum Gasteiger partial charge on any atom is -0.461 e. The van der Waals surface area contributed by atoms with Crippen molar-refractivity contribution >= 4 is 40.5 Å². The zero-order chi connectivity index (χ0) is 24.7. The maximum Gasteiger partial charge on any atom is 0.356 e. The van der Waals surface area contributed by atoms with Crippen molar-refractivity contribution in [2.45, 2.75) is 50.9 Å². The van der Waals surface area contributed by atoms with Gasteiger partial charge in [0, 0.05) is 11.4 Å². The zero-order valence-electron chi connectivity index (χ0n) is 20.6. The molecule has 1 aromatic heterocycles. The van der Waals surface area contributed by atoms with Gasteiger partial charge in [-0.25, -0.2) is 9.78 Å². The Labute approximate surface area is 217 Å². The summed E-state index contributed by atoms with van der Waals surface area (Å²) in [5, 5.41) is 7.52. The highest BCUT2D eigenvalue weighted by atomic mass is 35.5. The van der Waals surface area contributed by atoms with E-state index in [4.69, 9.17) is 16.3 Å². The third kappa shape index (κ3) is 4.57. The Morgan fingerprint density at radius 1 is 0.944 bits per heavy atom. The Morgan fingerprint density at radius 2 is 1.61 bits per heavy atom. The quantitative estimate of drug-likeness (QED) is 0.322. The van der Waals surface area contributed by atoms with Crippen LogP contribution >= 0.6 is 11.6 Å². The number of benzene rings is 2. The number of nitrogens with zero attached hydrogens (tertiary/aromatic N) is 1. The van der Waals surface area contributed by atoms with Gasteiger partial charge in [-0.05, 0) is 117 Å². The van der Waals surface area contributed by atoms with Crippen molar-refractivity contribution in [1.29, 1.82) is 0 Å². The molecule has 0 atom stereocenters. The van der Waals surface area contributed by atoms with E-state index in [2.05, 4.69) is 33.8 Å². The van der Waals surface area contributed by atoms with Gasteiger partial charge in [0.15, 0.2) is 5.69 Å². The average molecular weight is 502 g/mol. The van der Waals surface area contributed by atoms with Crippen molar-refractivity contribution in [2.75, 3.05) is 17.2 Å². The first-order chi connectivity index (χ1) is 17.5. The molecule has 1 heterocycles. The summed E-state index contributed by atoms with van der Waals surface area (Å²) in [6.07, 6.45) is 8.34. The number of anilines is 4. The number of rotatable bonds is 7. The second-order valence-corrected chi connectivity index (χ2v) is 11.3. The second-order valence-electron chi connectivity index (χ2n) is 10.9. The highest BCUT2D eigenvalue weighted by Crippen LogP contribution is 2.61. The van der Waals surface area contributed by atoms with E-state index in [1.165, 1.54) is 44.1 Å². The first-order valence-corrected chi connectivity index (χ1v) is 13.5. The van der Waals surface area contributed by atoms with Crippen LogP contribution in [0.4, 0.5) is 22.9 Å². The van der Waals surface area contributed by atoms with E-state index in [1.54, 1.807) is 19.1 Å². The van der Waals surface area contributed by atoms with Crippen LogP contribution in [0, 0.1) is 17.8 Å². The molecule has 5 nitrogen and oxygen atoms in total. The summed E-state index contributed by atoms with van der Waals surface area (Å²) >= 11 is 6.83. The number of esters is 1. The molecule has 4 aliphatic rings. The summed E-state index contributed by atoms with van der Waals surface area (Å²) in [7, 11) is 0. The van der Waals surface area contributed by atoms with Crippen LogP contribution in [0.2, 0.25) is 5.02 Å². The predicted molar refractivity (Wildman–Crippen MR) is 145 cm³/mol. The summed E-state index contributed by atoms with van der Waals surface area (Å²) in [6, 6.07) is 19.9. The summed E-state index contributed by atoms with van der Waals surface area (Å²) < 4.78 is 5.05. The number of carbonyl (C=O) groups excluding carboxylic acids is 1. The minimum atomic E-state index is -0.428. The molecule has 0 spiro atoms. The number of carbonyl (C=O) groups is 1. The molecule has 4 aliphatic carbocycles. The molecule has 3 aromatic rings. The number of pyridine rings is 1. The molecule has 2 N–H and O–H groups in total. The van der Waals surface area contributed by atoms with E-state index < -0.39 is 5.97 Å². The Bertz CT molecular complexity index is 1260. The summed E-state index contributed by atoms with van der Waals surface area (Å²) in [6.45, 7) is 2.10. The van der Waals surface area contributed by atoms with Crippen molar-refractivity contribution in [3.63, 3.8) is 0 Å². The third-order valence-electron chi connectivity index (χ3n) is 8.27. The van der Waals surface area contributed by atoms with Crippen molar-refractivity contribution in [1.82, 2.24) is 4.98 Å². The fourth-order valence-electron chi connectivity index (χ4n) is 7.21. The van der Waals surface area contributed by atoms with Crippen molar-refractivity contribution < 1.29 is 9.53 Å². The molecule has 0 saturated heterocycles. The molecule has 6 heteroatoms. The molecule has 0 unspecified atom stereocenters. The summed E-state index contributed by atoms with van der Waals surface area (Å²) in [4.78, 5) is 16.4. The largest absolute Gasteiger partial charge is 0.461 e. The van der Waals surface area contributed by atoms with Crippen LogP contribution in [0.5, 0.6) is 0 Å². The second kappa shape index (κ2) is 9.44. The van der Waals surface area contributed by atoms with Crippen LogP contribution in [0.1, 0.15) is 61.5 Å². The van der Waals surface area contributed by atoms with E-state index >= 15 is 0 Å². The normalized spacial score (nSPS) is 26.0. The molecule has 4 bridgehead atoms. The lowest BCUT2D eigenvalue weighted by molar-refractivity contribution is -0.00518. The first kappa shape index (κ1) is 23.4. The van der Waals surface area contributed by atoms with Crippen LogP contribution in [0.3, 0.4) is 0 Å². The summed E-state index contributed by atoms with van der Waals surface area (Å²) in [5.41, 5.74) is 4.74. The van der Waals surface area contributed by atoms with Crippen LogP contribution < -0.4 is 10.6 Å². The average Bonchev–Trinajstić information content (AvgIpc) is 2.85. The number of aromatic nitrogens is 1. The van der Waals surface area contributed by atoms with Crippen LogP contribution in [-0.2, 0) is 10.2 Å². The molecule has 0 amide bonds. The van der Waals surface area contributed by atoms with Gasteiger partial charge in [-0.15, -0.1) is 0 Å². The Hall–Kier alpha value is -3.05. The van der Waals surface area contributed by atoms with Crippen LogP contribution in [-0.4, -0.2) is 17.6 Å². The van der Waals surface area contributed by atoms with Gasteiger partial charge < -0.3 is 15.4 Å². The molecule has 7 rings (SSSR count). The number of ether oxygens (including phenoxy) is 1. The van der Waals surface area contributed by atoms with Gasteiger partial charge in [-0.1, -0.05) is 29.8 Å². The van der Waals surface area contributed by atoms with E-state index in [9.17, 15) is 4.79 Å². The molecule has 0 radical (unpaired) electrons. The van der Waals surface area contributed by atoms with E-state index in [0.717, 1.165) is 39.8 Å². The van der Waals surface area contributed by atoms with Gasteiger partial charge in [0.05, 0.1) is 17.3 Å². The minimum absolute atomic E-state index is 0.280. The van der Waals surface area contributed by atoms with Gasteiger partial charge in [-0.3, -0.25) is 0 Å². The maximum atomic E-state index is 12.0. The molecule has 186 valence electrons. The van der Waals surface area contributed by atoms with Crippen molar-refractivity contribution in [3.8, 4) is 0 Å². The number of nitrogens with one attached hydrogen (secondary N) is 2. The van der Waals surface area contributed by atoms with E-state index in [-0.39, 0.29) is 5.69 Å². The number of hydrogen-bond donors (Lipinski definition) is 2. The topological polar surface area (TPSA) is 63.2 Å². The van der Waals surface area contributed by atoms with Crippen LogP contribution in [0.25, 0.3) is 0 Å². The third-order valence-corrected chi connectivity index (χ3v) is 8.58. The zero-order valence-corrected chi connectivity index (χ0v) is 21.4. The fraction of sp³-hybridized carbons (Fsp3) is 0.400. The van der Waals surface area contributed by atoms with E-state index in [0.29, 0.717) is 17.8 Å². The fourth-order valence-corrected chi connectivity index (χ4v) is 7.44. The Morgan fingerprint density at radius 3 is 2.28 bits per heavy atom. The lowest BCUT2D eigenvalue weighted by Gasteiger charge is -2.57. The van der Waals surface area contributed by atoms with Gasteiger partial charge >= 0.3 is 5.97 Å². The maximum absolute atomic E-state index is 12.0. The molecule has 4 saturated carbocycles. The molecule has 2 aromatic carbocycles. The highest BCUT2D eigenvalue weighted by molar-refractivity contribution is 6.33. The van der Waals surface area contributed by atoms with Crippen molar-refractivity contribution in [2.24, 2.45) is 17.8 Å². The summed E-state index contributed by atoms with van der Waals surface area (Å²) in [5.74, 6) is 2.89. The van der Waals surface area contributed by atoms with Crippen LogP contribution in [0.15, 0.2) is 60.7 Å². The lowest BCUT2D eigenvalue weighted by atomic mass is 9.48. The standard InChI is InChI=1S/C30H32ClN3O2/c1-2-36-29(35)27-7-4-8-28(34-27)33-24-6-3-5-23(15-24)32-26-10-9-22(14-25(26)31)30-16-19-11-20(17-30)13-21(12-19)18-30/h3-10,14-15,19-21,32H,2,11-13,16-18H2,1H3,(H,33,34). The molecule has 36 heavy (non-hydrogen) atoms. The monoisotopic (exact) mass is 501 g/mol. The molecule has 4 fully saturated rings. The highest BCUT2D eigenvalue weighted by Gasteiger charge is 2.51. The molecular weight excluding hydrogens is 470 g/mol. The Kier molecular flexibility index (Phi) is 6.12. The smallest absolute Gasteiger partial charge is 0.356 e. The van der Waals surface area contributed by atoms with Gasteiger partial charge in [0.1, 0.15) is 5.82 Å². The Balaban J connectivity index is 1.17. The van der Waals surface area contributed by atoms with E-state index in [1.807, 2.05) is 30.3 Å². The number of halogens is 1.